The number of nitrogens with one attached hydrogen (secondary N) is 1. The first-order chi connectivity index (χ1) is 9.80. The number of hydrogen-bond donors (Lipinski definition) is 1. The smallest absolute Gasteiger partial charge is 0.157 e. The fraction of sp³-hybridized carbons (Fsp3) is 0.467. The molecule has 0 amide bonds. The Morgan fingerprint density at radius 3 is 3.05 bits per heavy atom. The lowest BCUT2D eigenvalue weighted by Crippen LogP contribution is -2.48. The quantitative estimate of drug-likeness (QED) is 0.907. The van der Waals surface area contributed by atoms with Gasteiger partial charge in [0.1, 0.15) is 0 Å². The molecule has 0 aliphatic carbocycles. The molecule has 2 heterocycles. The van der Waals surface area contributed by atoms with Crippen LogP contribution in [0.4, 0.5) is 0 Å². The van der Waals surface area contributed by atoms with Crippen molar-refractivity contribution >= 4 is 16.9 Å². The fourth-order valence-corrected chi connectivity index (χ4v) is 3.74. The molecule has 2 saturated heterocycles. The number of rotatable bonds is 2. The van der Waals surface area contributed by atoms with E-state index < -0.39 is 0 Å². The molecule has 0 saturated carbocycles. The predicted octanol–water partition coefficient (Wildman–Crippen LogP) is 2.30. The van der Waals surface area contributed by atoms with E-state index in [1.165, 1.54) is 0 Å². The van der Waals surface area contributed by atoms with Crippen LogP contribution in [0.25, 0.3) is 0 Å². The predicted molar refractivity (Wildman–Crippen MR) is 80.7 cm³/mol. The molecule has 4 nitrogen and oxygen atoms in total. The van der Waals surface area contributed by atoms with Gasteiger partial charge in [-0.1, -0.05) is 23.9 Å². The maximum atomic E-state index is 8.89. The average molecular weight is 287 g/mol. The minimum absolute atomic E-state index is 0.191. The molecule has 0 bridgehead atoms. The highest BCUT2D eigenvalue weighted by atomic mass is 32.2. The minimum atomic E-state index is 0.191. The molecule has 1 N–H and O–H groups in total. The summed E-state index contributed by atoms with van der Waals surface area (Å²) in [5.41, 5.74) is 1.96. The molecule has 0 aromatic heterocycles. The van der Waals surface area contributed by atoms with Crippen molar-refractivity contribution in [1.82, 2.24) is 5.32 Å². The molecule has 2 fully saturated rings. The second kappa shape index (κ2) is 5.86. The summed E-state index contributed by atoms with van der Waals surface area (Å²) in [5.74, 6) is 1.08. The molecule has 5 heteroatoms. The minimum Gasteiger partial charge on any atom is -0.381 e. The van der Waals surface area contributed by atoms with E-state index in [0.29, 0.717) is 12.1 Å². The van der Waals surface area contributed by atoms with Gasteiger partial charge in [-0.25, -0.2) is 0 Å². The van der Waals surface area contributed by atoms with E-state index in [9.17, 15) is 0 Å². The second-order valence-electron chi connectivity index (χ2n) is 5.24. The van der Waals surface area contributed by atoms with E-state index in [0.717, 1.165) is 42.5 Å². The molecule has 0 radical (unpaired) electrons. The van der Waals surface area contributed by atoms with Gasteiger partial charge in [-0.05, 0) is 30.5 Å². The van der Waals surface area contributed by atoms with Crippen molar-refractivity contribution in [1.29, 1.82) is 5.26 Å². The van der Waals surface area contributed by atoms with Gasteiger partial charge < -0.3 is 10.1 Å². The summed E-state index contributed by atoms with van der Waals surface area (Å²) in [6, 6.07) is 9.79. The number of amidine groups is 1. The van der Waals surface area contributed by atoms with E-state index in [-0.39, 0.29) is 5.54 Å². The molecule has 104 valence electrons. The number of nitriles is 1. The molecule has 2 aliphatic heterocycles. The topological polar surface area (TPSA) is 57.4 Å². The van der Waals surface area contributed by atoms with Crippen LogP contribution in [0.5, 0.6) is 0 Å². The van der Waals surface area contributed by atoms with Gasteiger partial charge in [0.05, 0.1) is 23.7 Å². The van der Waals surface area contributed by atoms with Gasteiger partial charge in [-0.3, -0.25) is 4.99 Å². The molecule has 20 heavy (non-hydrogen) atoms. The van der Waals surface area contributed by atoms with Crippen LogP contribution in [0.2, 0.25) is 0 Å². The first-order valence-electron chi connectivity index (χ1n) is 6.82. The molecule has 0 atom stereocenters. The molecule has 0 unspecified atom stereocenters. The Hall–Kier alpha value is -1.51. The van der Waals surface area contributed by atoms with Gasteiger partial charge in [-0.15, -0.1) is 0 Å². The summed E-state index contributed by atoms with van der Waals surface area (Å²) in [4.78, 5) is 4.64. The van der Waals surface area contributed by atoms with E-state index in [1.807, 2.05) is 24.3 Å². The van der Waals surface area contributed by atoms with Crippen molar-refractivity contribution in [3.05, 3.63) is 35.4 Å². The first kappa shape index (κ1) is 13.5. The Balaban J connectivity index is 1.64. The van der Waals surface area contributed by atoms with Crippen LogP contribution >= 0.6 is 11.8 Å². The number of benzene rings is 1. The summed E-state index contributed by atoms with van der Waals surface area (Å²) in [6.45, 7) is 2.30. The SMILES string of the molecule is N#Cc1cccc(CN=C2NC3(CCOCC3)CS2)c1. The maximum Gasteiger partial charge on any atom is 0.157 e. The standard InChI is InChI=1S/C15H17N3OS/c16-9-12-2-1-3-13(8-12)10-17-14-18-15(11-20-14)4-6-19-7-5-15/h1-3,8H,4-7,10-11H2,(H,17,18). The molecule has 1 aromatic rings. The molecular formula is C15H17N3OS. The number of nitrogens with zero attached hydrogens (tertiary/aromatic N) is 2. The number of thioether (sulfide) groups is 1. The zero-order chi connectivity index (χ0) is 13.8. The van der Waals surface area contributed by atoms with Crippen molar-refractivity contribution in [3.8, 4) is 6.07 Å². The summed E-state index contributed by atoms with van der Waals surface area (Å²) < 4.78 is 5.43. The zero-order valence-corrected chi connectivity index (χ0v) is 12.1. The Morgan fingerprint density at radius 2 is 2.25 bits per heavy atom. The largest absolute Gasteiger partial charge is 0.381 e. The van der Waals surface area contributed by atoms with Crippen molar-refractivity contribution in [3.63, 3.8) is 0 Å². The highest BCUT2D eigenvalue weighted by Gasteiger charge is 2.38. The van der Waals surface area contributed by atoms with Crippen molar-refractivity contribution in [2.45, 2.75) is 24.9 Å². The first-order valence-corrected chi connectivity index (χ1v) is 7.80. The lowest BCUT2D eigenvalue weighted by molar-refractivity contribution is 0.0555. The van der Waals surface area contributed by atoms with Gasteiger partial charge in [0.2, 0.25) is 0 Å². The Kier molecular flexibility index (Phi) is 3.95. The summed E-state index contributed by atoms with van der Waals surface area (Å²) in [7, 11) is 0. The third-order valence-corrected chi connectivity index (χ3v) is 4.97. The Labute approximate surface area is 123 Å². The fourth-order valence-electron chi connectivity index (χ4n) is 2.52. The van der Waals surface area contributed by atoms with Crippen molar-refractivity contribution < 1.29 is 4.74 Å². The van der Waals surface area contributed by atoms with Gasteiger partial charge in [0.15, 0.2) is 5.17 Å². The van der Waals surface area contributed by atoms with Gasteiger partial charge in [-0.2, -0.15) is 5.26 Å². The Morgan fingerprint density at radius 1 is 1.40 bits per heavy atom. The lowest BCUT2D eigenvalue weighted by Gasteiger charge is -2.32. The molecular weight excluding hydrogens is 270 g/mol. The van der Waals surface area contributed by atoms with Crippen LogP contribution in [0.15, 0.2) is 29.3 Å². The maximum absolute atomic E-state index is 8.89. The van der Waals surface area contributed by atoms with Gasteiger partial charge in [0, 0.05) is 19.0 Å². The third-order valence-electron chi connectivity index (χ3n) is 3.77. The van der Waals surface area contributed by atoms with Crippen LogP contribution in [0, 0.1) is 11.3 Å². The molecule has 1 aromatic carbocycles. The van der Waals surface area contributed by atoms with Crippen LogP contribution in [0.1, 0.15) is 24.0 Å². The van der Waals surface area contributed by atoms with E-state index in [1.54, 1.807) is 11.8 Å². The van der Waals surface area contributed by atoms with Crippen LogP contribution in [0.3, 0.4) is 0 Å². The van der Waals surface area contributed by atoms with Crippen LogP contribution in [-0.2, 0) is 11.3 Å². The average Bonchev–Trinajstić information content (AvgIpc) is 2.89. The number of ether oxygens (including phenoxy) is 1. The van der Waals surface area contributed by atoms with Crippen LogP contribution < -0.4 is 5.32 Å². The van der Waals surface area contributed by atoms with Crippen molar-refractivity contribution in [2.75, 3.05) is 19.0 Å². The monoisotopic (exact) mass is 287 g/mol. The summed E-state index contributed by atoms with van der Waals surface area (Å²) in [5, 5.41) is 13.5. The van der Waals surface area contributed by atoms with Crippen molar-refractivity contribution in [2.24, 2.45) is 4.99 Å². The molecule has 1 spiro atoms. The number of hydrogen-bond acceptors (Lipinski definition) is 4. The second-order valence-corrected chi connectivity index (χ2v) is 6.20. The summed E-state index contributed by atoms with van der Waals surface area (Å²) >= 11 is 1.80. The molecule has 3 rings (SSSR count). The normalized spacial score (nSPS) is 22.6. The van der Waals surface area contributed by atoms with Gasteiger partial charge in [0.25, 0.3) is 0 Å². The third kappa shape index (κ3) is 2.97. The van der Waals surface area contributed by atoms with Gasteiger partial charge >= 0.3 is 0 Å². The van der Waals surface area contributed by atoms with E-state index in [4.69, 9.17) is 10.00 Å². The van der Waals surface area contributed by atoms with Crippen LogP contribution in [-0.4, -0.2) is 29.7 Å². The highest BCUT2D eigenvalue weighted by Crippen LogP contribution is 2.31. The lowest BCUT2D eigenvalue weighted by atomic mass is 9.93. The van der Waals surface area contributed by atoms with E-state index >= 15 is 0 Å². The zero-order valence-electron chi connectivity index (χ0n) is 11.3. The summed E-state index contributed by atoms with van der Waals surface area (Å²) in [6.07, 6.45) is 2.12. The van der Waals surface area contributed by atoms with E-state index in [2.05, 4.69) is 16.4 Å². The Bertz CT molecular complexity index is 558. The number of aliphatic imine (C=N–C) groups is 1. The highest BCUT2D eigenvalue weighted by molar-refractivity contribution is 8.14. The molecule has 2 aliphatic rings.